The lowest BCUT2D eigenvalue weighted by Crippen LogP contribution is -2.45. The van der Waals surface area contributed by atoms with Gasteiger partial charge in [-0.1, -0.05) is 19.8 Å². The first-order valence-electron chi connectivity index (χ1n) is 7.65. The van der Waals surface area contributed by atoms with Crippen LogP contribution in [0.1, 0.15) is 32.6 Å². The zero-order valence-corrected chi connectivity index (χ0v) is 12.6. The van der Waals surface area contributed by atoms with Crippen molar-refractivity contribution in [2.24, 2.45) is 5.92 Å². The molecule has 1 heterocycles. The first-order valence-corrected chi connectivity index (χ1v) is 7.65. The highest BCUT2D eigenvalue weighted by atomic mass is 16.7. The van der Waals surface area contributed by atoms with Crippen LogP contribution < -0.4 is 20.1 Å². The summed E-state index contributed by atoms with van der Waals surface area (Å²) in [6.07, 6.45) is 4.31. The second-order valence-electron chi connectivity index (χ2n) is 5.86. The molecule has 1 fully saturated rings. The van der Waals surface area contributed by atoms with E-state index in [0.29, 0.717) is 23.1 Å². The van der Waals surface area contributed by atoms with E-state index in [2.05, 4.69) is 17.6 Å². The number of ether oxygens (including phenoxy) is 2. The summed E-state index contributed by atoms with van der Waals surface area (Å²) < 4.78 is 10.4. The molecule has 1 aliphatic carbocycles. The molecule has 2 amide bonds. The standard InChI is InChI=1S/C16H20N2O4/c1-10-4-2-3-5-12(10)18-16(20)15(19)17-11-6-7-13-14(8-11)22-9-21-13/h6-8,10,12H,2-5,9H2,1H3,(H,17,19)(H,18,20)/t10-,12-/m1/s1. The third-order valence-electron chi connectivity index (χ3n) is 4.26. The van der Waals surface area contributed by atoms with Crippen LogP contribution >= 0.6 is 0 Å². The summed E-state index contributed by atoms with van der Waals surface area (Å²) in [6, 6.07) is 5.13. The number of carbonyl (C=O) groups excluding carboxylic acids is 2. The van der Waals surface area contributed by atoms with Crippen molar-refractivity contribution in [1.29, 1.82) is 0 Å². The molecule has 22 heavy (non-hydrogen) atoms. The Morgan fingerprint density at radius 3 is 2.68 bits per heavy atom. The molecular weight excluding hydrogens is 284 g/mol. The largest absolute Gasteiger partial charge is 0.454 e. The maximum Gasteiger partial charge on any atom is 0.313 e. The molecule has 6 nitrogen and oxygen atoms in total. The Bertz CT molecular complexity index is 588. The molecule has 0 spiro atoms. The summed E-state index contributed by atoms with van der Waals surface area (Å²) in [5, 5.41) is 5.42. The molecule has 2 N–H and O–H groups in total. The van der Waals surface area contributed by atoms with Crippen molar-refractivity contribution in [2.75, 3.05) is 12.1 Å². The van der Waals surface area contributed by atoms with Crippen LogP contribution in [0.5, 0.6) is 11.5 Å². The van der Waals surface area contributed by atoms with Gasteiger partial charge in [0.25, 0.3) is 0 Å². The molecule has 1 saturated carbocycles. The first-order chi connectivity index (χ1) is 10.6. The number of amides is 2. The van der Waals surface area contributed by atoms with E-state index in [1.165, 1.54) is 6.42 Å². The van der Waals surface area contributed by atoms with Crippen molar-refractivity contribution in [3.8, 4) is 11.5 Å². The van der Waals surface area contributed by atoms with Crippen LogP contribution in [-0.4, -0.2) is 24.6 Å². The lowest BCUT2D eigenvalue weighted by atomic mass is 9.86. The number of carbonyl (C=O) groups is 2. The van der Waals surface area contributed by atoms with E-state index < -0.39 is 11.8 Å². The normalized spacial score (nSPS) is 23.0. The third-order valence-corrected chi connectivity index (χ3v) is 4.26. The average Bonchev–Trinajstić information content (AvgIpc) is 2.97. The number of benzene rings is 1. The van der Waals surface area contributed by atoms with E-state index in [-0.39, 0.29) is 12.8 Å². The van der Waals surface area contributed by atoms with Gasteiger partial charge in [0, 0.05) is 17.8 Å². The number of fused-ring (bicyclic) bond motifs is 1. The van der Waals surface area contributed by atoms with Crippen LogP contribution in [0.25, 0.3) is 0 Å². The number of anilines is 1. The quantitative estimate of drug-likeness (QED) is 0.820. The Morgan fingerprint density at radius 2 is 1.86 bits per heavy atom. The molecule has 2 atom stereocenters. The summed E-state index contributed by atoms with van der Waals surface area (Å²) in [6.45, 7) is 2.28. The van der Waals surface area contributed by atoms with Crippen LogP contribution in [0.4, 0.5) is 5.69 Å². The molecule has 1 aromatic rings. The van der Waals surface area contributed by atoms with Crippen LogP contribution in [-0.2, 0) is 9.59 Å². The summed E-state index contributed by atoms with van der Waals surface area (Å²) in [5.41, 5.74) is 0.515. The molecule has 118 valence electrons. The van der Waals surface area contributed by atoms with Gasteiger partial charge >= 0.3 is 11.8 Å². The van der Waals surface area contributed by atoms with E-state index in [1.54, 1.807) is 18.2 Å². The number of hydrogen-bond acceptors (Lipinski definition) is 4. The molecule has 2 aliphatic rings. The van der Waals surface area contributed by atoms with Crippen LogP contribution in [0, 0.1) is 5.92 Å². The second-order valence-corrected chi connectivity index (χ2v) is 5.86. The summed E-state index contributed by atoms with van der Waals surface area (Å²) in [7, 11) is 0. The van der Waals surface area contributed by atoms with Gasteiger partial charge in [0.2, 0.25) is 6.79 Å². The molecule has 0 aromatic heterocycles. The van der Waals surface area contributed by atoms with E-state index >= 15 is 0 Å². The summed E-state index contributed by atoms with van der Waals surface area (Å²) >= 11 is 0. The van der Waals surface area contributed by atoms with Crippen molar-refractivity contribution in [1.82, 2.24) is 5.32 Å². The Balaban J connectivity index is 1.58. The van der Waals surface area contributed by atoms with Crippen LogP contribution in [0.3, 0.4) is 0 Å². The molecule has 0 radical (unpaired) electrons. The van der Waals surface area contributed by atoms with Gasteiger partial charge in [0.1, 0.15) is 0 Å². The third kappa shape index (κ3) is 3.16. The average molecular weight is 304 g/mol. The van der Waals surface area contributed by atoms with Gasteiger partial charge in [-0.25, -0.2) is 0 Å². The maximum absolute atomic E-state index is 12.0. The predicted molar refractivity (Wildman–Crippen MR) is 80.8 cm³/mol. The van der Waals surface area contributed by atoms with Gasteiger partial charge in [0.05, 0.1) is 0 Å². The highest BCUT2D eigenvalue weighted by Crippen LogP contribution is 2.34. The number of nitrogens with one attached hydrogen (secondary N) is 2. The zero-order chi connectivity index (χ0) is 15.5. The fourth-order valence-corrected chi connectivity index (χ4v) is 2.93. The van der Waals surface area contributed by atoms with Crippen molar-refractivity contribution >= 4 is 17.5 Å². The van der Waals surface area contributed by atoms with Gasteiger partial charge < -0.3 is 20.1 Å². The second kappa shape index (κ2) is 6.25. The van der Waals surface area contributed by atoms with E-state index in [4.69, 9.17) is 9.47 Å². The predicted octanol–water partition coefficient (Wildman–Crippen LogP) is 2.05. The SMILES string of the molecule is C[C@@H]1CCCC[C@H]1NC(=O)C(=O)Nc1ccc2c(c1)OCO2. The Hall–Kier alpha value is -2.24. The molecular formula is C16H20N2O4. The molecule has 0 saturated heterocycles. The van der Waals surface area contributed by atoms with Crippen molar-refractivity contribution < 1.29 is 19.1 Å². The summed E-state index contributed by atoms with van der Waals surface area (Å²) in [5.74, 6) is 0.377. The van der Waals surface area contributed by atoms with Crippen LogP contribution in [0.2, 0.25) is 0 Å². The van der Waals surface area contributed by atoms with Crippen molar-refractivity contribution in [2.45, 2.75) is 38.6 Å². The first kappa shape index (κ1) is 14.7. The minimum atomic E-state index is -0.656. The Kier molecular flexibility index (Phi) is 4.18. The van der Waals surface area contributed by atoms with Gasteiger partial charge in [-0.15, -0.1) is 0 Å². The molecule has 6 heteroatoms. The molecule has 0 unspecified atom stereocenters. The minimum absolute atomic E-state index is 0.0868. The highest BCUT2D eigenvalue weighted by Gasteiger charge is 2.25. The lowest BCUT2D eigenvalue weighted by molar-refractivity contribution is -0.137. The zero-order valence-electron chi connectivity index (χ0n) is 12.6. The Morgan fingerprint density at radius 1 is 1.09 bits per heavy atom. The lowest BCUT2D eigenvalue weighted by Gasteiger charge is -2.29. The monoisotopic (exact) mass is 304 g/mol. The number of hydrogen-bond donors (Lipinski definition) is 2. The molecule has 0 bridgehead atoms. The fraction of sp³-hybridized carbons (Fsp3) is 0.500. The van der Waals surface area contributed by atoms with Gasteiger partial charge in [0.15, 0.2) is 11.5 Å². The van der Waals surface area contributed by atoms with Gasteiger partial charge in [-0.3, -0.25) is 9.59 Å². The van der Waals surface area contributed by atoms with E-state index in [1.807, 2.05) is 0 Å². The maximum atomic E-state index is 12.0. The molecule has 1 aliphatic heterocycles. The van der Waals surface area contributed by atoms with E-state index in [0.717, 1.165) is 19.3 Å². The molecule has 1 aromatic carbocycles. The summed E-state index contributed by atoms with van der Waals surface area (Å²) in [4.78, 5) is 24.0. The topological polar surface area (TPSA) is 76.7 Å². The Labute approximate surface area is 129 Å². The van der Waals surface area contributed by atoms with Crippen molar-refractivity contribution in [3.05, 3.63) is 18.2 Å². The van der Waals surface area contributed by atoms with E-state index in [9.17, 15) is 9.59 Å². The van der Waals surface area contributed by atoms with Crippen LogP contribution in [0.15, 0.2) is 18.2 Å². The van der Waals surface area contributed by atoms with Gasteiger partial charge in [-0.2, -0.15) is 0 Å². The highest BCUT2D eigenvalue weighted by molar-refractivity contribution is 6.39. The smallest absolute Gasteiger partial charge is 0.313 e. The van der Waals surface area contributed by atoms with Gasteiger partial charge in [-0.05, 0) is 30.9 Å². The number of rotatable bonds is 2. The minimum Gasteiger partial charge on any atom is -0.454 e. The molecule has 3 rings (SSSR count). The van der Waals surface area contributed by atoms with Crippen molar-refractivity contribution in [3.63, 3.8) is 0 Å². The fourth-order valence-electron chi connectivity index (χ4n) is 2.93.